The third kappa shape index (κ3) is 0.747. The summed E-state index contributed by atoms with van der Waals surface area (Å²) in [7, 11) is 0. The minimum Gasteiger partial charge on any atom is -0.237 e. The molecule has 0 atom stereocenters. The molecule has 0 fully saturated rings. The summed E-state index contributed by atoms with van der Waals surface area (Å²) in [5, 5.41) is 7.00. The van der Waals surface area contributed by atoms with Gasteiger partial charge in [0, 0.05) is 6.20 Å². The zero-order valence-electron chi connectivity index (χ0n) is 3.70. The van der Waals surface area contributed by atoms with E-state index >= 15 is 0 Å². The smallest absolute Gasteiger partial charge is 0.105 e. The maximum atomic E-state index is 6.72. The van der Waals surface area contributed by atoms with E-state index in [9.17, 15) is 0 Å². The average molecular weight is 97.1 g/mol. The van der Waals surface area contributed by atoms with Crippen LogP contribution in [0.3, 0.4) is 0 Å². The van der Waals surface area contributed by atoms with Crippen LogP contribution < -0.4 is 5.73 Å². The van der Waals surface area contributed by atoms with Crippen molar-refractivity contribution in [1.29, 1.82) is 0 Å². The van der Waals surface area contributed by atoms with Gasteiger partial charge in [0.25, 0.3) is 0 Å². The Bertz CT molecular complexity index is 121. The van der Waals surface area contributed by atoms with Gasteiger partial charge in [0.1, 0.15) is 6.67 Å². The molecule has 0 aromatic carbocycles. The molecular formula is C3H5N4. The van der Waals surface area contributed by atoms with Gasteiger partial charge < -0.3 is 0 Å². The number of rotatable bonds is 1. The van der Waals surface area contributed by atoms with Crippen LogP contribution in [0, 0.1) is 0 Å². The molecule has 1 aromatic rings. The number of nitrogens with one attached hydrogen (secondary N) is 1. The van der Waals surface area contributed by atoms with Crippen LogP contribution >= 0.6 is 0 Å². The largest absolute Gasteiger partial charge is 0.237 e. The Morgan fingerprint density at radius 1 is 1.71 bits per heavy atom. The molecule has 4 nitrogen and oxygen atoms in total. The van der Waals surface area contributed by atoms with Gasteiger partial charge in [-0.1, -0.05) is 5.21 Å². The summed E-state index contributed by atoms with van der Waals surface area (Å²) in [4.78, 5) is 0. The molecule has 0 bridgehead atoms. The molecule has 0 saturated carbocycles. The van der Waals surface area contributed by atoms with Gasteiger partial charge in [-0.15, -0.1) is 5.10 Å². The second-order valence-corrected chi connectivity index (χ2v) is 1.10. The summed E-state index contributed by atoms with van der Waals surface area (Å²) in [6.07, 6.45) is 3.20. The molecule has 1 aromatic heterocycles. The molecule has 1 N–H and O–H groups in total. The van der Waals surface area contributed by atoms with Crippen LogP contribution in [0.4, 0.5) is 0 Å². The lowest BCUT2D eigenvalue weighted by molar-refractivity contribution is 0.596. The lowest BCUT2D eigenvalue weighted by Gasteiger charge is -1.84. The van der Waals surface area contributed by atoms with Crippen molar-refractivity contribution < 1.29 is 0 Å². The minimum absolute atomic E-state index is 0.153. The first kappa shape index (κ1) is 4.26. The zero-order chi connectivity index (χ0) is 5.11. The van der Waals surface area contributed by atoms with E-state index in [1.54, 1.807) is 12.4 Å². The molecule has 0 spiro atoms. The maximum Gasteiger partial charge on any atom is 0.105 e. The van der Waals surface area contributed by atoms with Crippen molar-refractivity contribution in [3.05, 3.63) is 12.4 Å². The van der Waals surface area contributed by atoms with E-state index in [0.29, 0.717) is 0 Å². The highest BCUT2D eigenvalue weighted by Crippen LogP contribution is 1.72. The molecular weight excluding hydrogens is 92.1 g/mol. The SMILES string of the molecule is [NH]Cn1ccnn1. The van der Waals surface area contributed by atoms with Gasteiger partial charge >= 0.3 is 0 Å². The third-order valence-corrected chi connectivity index (χ3v) is 0.634. The average Bonchev–Trinajstić information content (AvgIpc) is 2.14. The number of aromatic nitrogens is 3. The first-order chi connectivity index (χ1) is 3.43. The summed E-state index contributed by atoms with van der Waals surface area (Å²) in [5.74, 6) is 0. The van der Waals surface area contributed by atoms with Gasteiger partial charge in [0.15, 0.2) is 0 Å². The Hall–Kier alpha value is -0.900. The van der Waals surface area contributed by atoms with E-state index in [4.69, 9.17) is 5.73 Å². The standard InChI is InChI=1S/C3H5N4/c4-3-7-2-1-5-6-7/h1-2,4H,3H2. The van der Waals surface area contributed by atoms with Crippen molar-refractivity contribution in [3.63, 3.8) is 0 Å². The van der Waals surface area contributed by atoms with Gasteiger partial charge in [-0.25, -0.2) is 10.4 Å². The summed E-state index contributed by atoms with van der Waals surface area (Å²) in [5.41, 5.74) is 6.72. The number of nitrogens with zero attached hydrogens (tertiary/aromatic N) is 3. The normalized spacial score (nSPS) is 9.29. The summed E-state index contributed by atoms with van der Waals surface area (Å²) in [6.45, 7) is 0.153. The Labute approximate surface area is 40.9 Å². The summed E-state index contributed by atoms with van der Waals surface area (Å²) < 4.78 is 1.43. The molecule has 0 aliphatic rings. The van der Waals surface area contributed by atoms with Crippen LogP contribution in [-0.4, -0.2) is 15.0 Å². The Morgan fingerprint density at radius 3 is 2.86 bits per heavy atom. The fourth-order valence-electron chi connectivity index (χ4n) is 0.317. The molecule has 0 saturated heterocycles. The van der Waals surface area contributed by atoms with E-state index in [1.165, 1.54) is 4.68 Å². The molecule has 0 aliphatic carbocycles. The molecule has 7 heavy (non-hydrogen) atoms. The lowest BCUT2D eigenvalue weighted by atomic mass is 10.9. The highest BCUT2D eigenvalue weighted by atomic mass is 15.4. The molecule has 0 aliphatic heterocycles. The maximum absolute atomic E-state index is 6.72. The number of hydrogen-bond acceptors (Lipinski definition) is 2. The zero-order valence-corrected chi connectivity index (χ0v) is 3.70. The molecule has 1 radical (unpaired) electrons. The van der Waals surface area contributed by atoms with Gasteiger partial charge in [0.05, 0.1) is 6.20 Å². The van der Waals surface area contributed by atoms with Crippen molar-refractivity contribution in [2.45, 2.75) is 6.67 Å². The van der Waals surface area contributed by atoms with Crippen molar-refractivity contribution in [1.82, 2.24) is 20.7 Å². The predicted molar refractivity (Wildman–Crippen MR) is 23.1 cm³/mol. The van der Waals surface area contributed by atoms with Crippen molar-refractivity contribution >= 4 is 0 Å². The van der Waals surface area contributed by atoms with Crippen LogP contribution in [0.25, 0.3) is 0 Å². The van der Waals surface area contributed by atoms with Crippen molar-refractivity contribution in [3.8, 4) is 0 Å². The number of hydrogen-bond donors (Lipinski definition) is 0. The predicted octanol–water partition coefficient (Wildman–Crippen LogP) is -0.482. The van der Waals surface area contributed by atoms with Crippen molar-refractivity contribution in [2.24, 2.45) is 0 Å². The third-order valence-electron chi connectivity index (χ3n) is 0.634. The van der Waals surface area contributed by atoms with E-state index < -0.39 is 0 Å². The van der Waals surface area contributed by atoms with Crippen LogP contribution in [0.15, 0.2) is 12.4 Å². The molecule has 1 heterocycles. The fraction of sp³-hybridized carbons (Fsp3) is 0.333. The van der Waals surface area contributed by atoms with Gasteiger partial charge in [-0.3, -0.25) is 0 Å². The van der Waals surface area contributed by atoms with E-state index in [-0.39, 0.29) is 6.67 Å². The molecule has 37 valence electrons. The topological polar surface area (TPSA) is 54.5 Å². The van der Waals surface area contributed by atoms with Crippen LogP contribution in [0.5, 0.6) is 0 Å². The summed E-state index contributed by atoms with van der Waals surface area (Å²) >= 11 is 0. The molecule has 0 unspecified atom stereocenters. The summed E-state index contributed by atoms with van der Waals surface area (Å²) in [6, 6.07) is 0. The fourth-order valence-corrected chi connectivity index (χ4v) is 0.317. The highest BCUT2D eigenvalue weighted by molar-refractivity contribution is 4.61. The van der Waals surface area contributed by atoms with E-state index in [0.717, 1.165) is 0 Å². The molecule has 4 heteroatoms. The highest BCUT2D eigenvalue weighted by Gasteiger charge is 1.79. The van der Waals surface area contributed by atoms with Crippen LogP contribution in [0.2, 0.25) is 0 Å². The second kappa shape index (κ2) is 1.70. The quantitative estimate of drug-likeness (QED) is 0.475. The van der Waals surface area contributed by atoms with E-state index in [2.05, 4.69) is 10.3 Å². The first-order valence-electron chi connectivity index (χ1n) is 1.92. The van der Waals surface area contributed by atoms with Crippen LogP contribution in [-0.2, 0) is 6.67 Å². The monoisotopic (exact) mass is 97.1 g/mol. The molecule has 1 rings (SSSR count). The molecule has 0 amide bonds. The Kier molecular flexibility index (Phi) is 1.04. The van der Waals surface area contributed by atoms with Gasteiger partial charge in [-0.05, 0) is 0 Å². The van der Waals surface area contributed by atoms with Crippen LogP contribution in [0.1, 0.15) is 0 Å². The van der Waals surface area contributed by atoms with E-state index in [1.807, 2.05) is 0 Å². The second-order valence-electron chi connectivity index (χ2n) is 1.10. The first-order valence-corrected chi connectivity index (χ1v) is 1.92. The van der Waals surface area contributed by atoms with Gasteiger partial charge in [-0.2, -0.15) is 0 Å². The Balaban J connectivity index is 2.76. The lowest BCUT2D eigenvalue weighted by Crippen LogP contribution is -1.97. The Morgan fingerprint density at radius 2 is 2.57 bits per heavy atom. The van der Waals surface area contributed by atoms with Gasteiger partial charge in [0.2, 0.25) is 0 Å². The van der Waals surface area contributed by atoms with Crippen molar-refractivity contribution in [2.75, 3.05) is 0 Å². The minimum atomic E-state index is 0.153.